The molecule has 2 aliphatic rings. The highest BCUT2D eigenvalue weighted by molar-refractivity contribution is 5.99. The van der Waals surface area contributed by atoms with Gasteiger partial charge < -0.3 is 36.2 Å². The Bertz CT molecular complexity index is 1460. The highest BCUT2D eigenvalue weighted by Crippen LogP contribution is 2.23. The Morgan fingerprint density at radius 1 is 0.889 bits per heavy atom. The van der Waals surface area contributed by atoms with E-state index in [2.05, 4.69) is 21.3 Å². The molecule has 0 unspecified atom stereocenters. The van der Waals surface area contributed by atoms with Gasteiger partial charge in [-0.05, 0) is 53.8 Å². The van der Waals surface area contributed by atoms with Crippen molar-refractivity contribution < 1.29 is 34.1 Å². The number of fused-ring (bicyclic) bond motifs is 11. The van der Waals surface area contributed by atoms with Crippen molar-refractivity contribution in [2.75, 3.05) is 13.2 Å². The molecule has 5 rings (SSSR count). The molecule has 2 aliphatic heterocycles. The largest absolute Gasteiger partial charge is 0.457 e. The maximum absolute atomic E-state index is 13.8. The molecule has 0 saturated carbocycles. The summed E-state index contributed by atoms with van der Waals surface area (Å²) in [6, 6.07) is 19.7. The number of aliphatic hydroxyl groups excluding tert-OH is 2. The predicted molar refractivity (Wildman–Crippen MR) is 167 cm³/mol. The highest BCUT2D eigenvalue weighted by atomic mass is 16.5. The minimum absolute atomic E-state index is 0.00309. The summed E-state index contributed by atoms with van der Waals surface area (Å²) in [5, 5.41) is 29.9. The molecule has 4 amide bonds. The smallest absolute Gasteiger partial charge is 0.252 e. The van der Waals surface area contributed by atoms with E-state index < -0.39 is 54.5 Å². The van der Waals surface area contributed by atoms with Gasteiger partial charge in [0.15, 0.2) is 0 Å². The van der Waals surface area contributed by atoms with Crippen molar-refractivity contribution in [3.63, 3.8) is 0 Å². The molecular formula is C34H40N4O7. The molecule has 4 atom stereocenters. The number of hydrogen-bond donors (Lipinski definition) is 6. The monoisotopic (exact) mass is 616 g/mol. The molecule has 4 bridgehead atoms. The molecule has 0 aliphatic carbocycles. The number of hydrogen-bond acceptors (Lipinski definition) is 7. The van der Waals surface area contributed by atoms with Crippen molar-refractivity contribution in [3.05, 3.63) is 95.6 Å². The maximum atomic E-state index is 13.8. The Labute approximate surface area is 262 Å². The lowest BCUT2D eigenvalue weighted by Gasteiger charge is -2.27. The van der Waals surface area contributed by atoms with Crippen LogP contribution in [0.25, 0.3) is 0 Å². The average molecular weight is 617 g/mol. The van der Waals surface area contributed by atoms with Crippen LogP contribution in [0.1, 0.15) is 41.8 Å². The average Bonchev–Trinajstić information content (AvgIpc) is 3.03. The van der Waals surface area contributed by atoms with E-state index in [1.807, 2.05) is 44.2 Å². The van der Waals surface area contributed by atoms with E-state index in [4.69, 9.17) is 9.84 Å². The second-order valence-corrected chi connectivity index (χ2v) is 11.5. The van der Waals surface area contributed by atoms with Gasteiger partial charge in [0.25, 0.3) is 5.91 Å². The molecule has 6 N–H and O–H groups in total. The summed E-state index contributed by atoms with van der Waals surface area (Å²) in [5.74, 6) is -1.26. The summed E-state index contributed by atoms with van der Waals surface area (Å²) in [5.41, 5.74) is 1.83. The predicted octanol–water partition coefficient (Wildman–Crippen LogP) is 1.86. The highest BCUT2D eigenvalue weighted by Gasteiger charge is 2.31. The Kier molecular flexibility index (Phi) is 11.7. The number of benzene rings is 3. The first kappa shape index (κ1) is 33.2. The van der Waals surface area contributed by atoms with Crippen LogP contribution in [0.15, 0.2) is 78.9 Å². The maximum Gasteiger partial charge on any atom is 0.252 e. The lowest BCUT2D eigenvalue weighted by atomic mass is 9.99. The minimum Gasteiger partial charge on any atom is -0.457 e. The topological polar surface area (TPSA) is 166 Å². The van der Waals surface area contributed by atoms with Crippen molar-refractivity contribution in [1.82, 2.24) is 21.3 Å². The first-order valence-corrected chi connectivity index (χ1v) is 15.0. The standard InChI is InChI=1S/C34H40N4O7/c1-21(2)15-28-33(43)38-29(32(42)35-19-25(40)20-39)17-23-11-13-26(14-12-23)45-27-10-6-9-24(18-27)31(41)36-30(34(44)37-28)16-22-7-4-3-5-8-22/h3-14,18,21,25,28-30,39-40H,15-17,19-20H2,1-2H3,(H,35,42)(H,36,41)(H,37,44)(H,38,43)/t25-,28-,29-,30+/m0/s1. The van der Waals surface area contributed by atoms with Gasteiger partial charge in [-0.2, -0.15) is 0 Å². The minimum atomic E-state index is -1.16. The molecule has 0 fully saturated rings. The Balaban J connectivity index is 1.70. The molecule has 0 aromatic heterocycles. The molecule has 0 spiro atoms. The van der Waals surface area contributed by atoms with Crippen LogP contribution in [0.4, 0.5) is 0 Å². The number of ether oxygens (including phenoxy) is 1. The summed E-state index contributed by atoms with van der Waals surface area (Å²) in [6.07, 6.45) is -0.606. The molecule has 45 heavy (non-hydrogen) atoms. The van der Waals surface area contributed by atoms with E-state index in [-0.39, 0.29) is 31.7 Å². The van der Waals surface area contributed by atoms with Crippen molar-refractivity contribution >= 4 is 23.6 Å². The number of rotatable bonds is 8. The summed E-state index contributed by atoms with van der Waals surface area (Å²) >= 11 is 0. The zero-order valence-electron chi connectivity index (χ0n) is 25.4. The number of aliphatic hydroxyl groups is 2. The fourth-order valence-corrected chi connectivity index (χ4v) is 4.93. The third kappa shape index (κ3) is 9.88. The van der Waals surface area contributed by atoms with Crippen LogP contribution in [-0.4, -0.2) is 71.2 Å². The van der Waals surface area contributed by atoms with Crippen LogP contribution in [-0.2, 0) is 27.2 Å². The van der Waals surface area contributed by atoms with Crippen LogP contribution in [0.2, 0.25) is 0 Å². The summed E-state index contributed by atoms with van der Waals surface area (Å²) < 4.78 is 5.97. The van der Waals surface area contributed by atoms with E-state index in [1.165, 1.54) is 0 Å². The molecular weight excluding hydrogens is 576 g/mol. The molecule has 11 heteroatoms. The van der Waals surface area contributed by atoms with Crippen LogP contribution in [0.5, 0.6) is 11.5 Å². The lowest BCUT2D eigenvalue weighted by molar-refractivity contribution is -0.133. The van der Waals surface area contributed by atoms with E-state index in [1.54, 1.807) is 48.5 Å². The normalized spacial score (nSPS) is 19.8. The molecule has 11 nitrogen and oxygen atoms in total. The number of carbonyl (C=O) groups excluding carboxylic acids is 4. The molecule has 3 aromatic carbocycles. The van der Waals surface area contributed by atoms with Gasteiger partial charge in [0.1, 0.15) is 29.6 Å². The van der Waals surface area contributed by atoms with E-state index in [0.29, 0.717) is 22.6 Å². The second kappa shape index (κ2) is 15.8. The van der Waals surface area contributed by atoms with Crippen molar-refractivity contribution in [2.45, 2.75) is 57.3 Å². The summed E-state index contributed by atoms with van der Waals surface area (Å²) in [4.78, 5) is 54.1. The zero-order valence-corrected chi connectivity index (χ0v) is 25.4. The number of carbonyl (C=O) groups is 4. The molecule has 0 saturated heterocycles. The molecule has 2 heterocycles. The first-order chi connectivity index (χ1) is 21.6. The first-order valence-electron chi connectivity index (χ1n) is 15.0. The Morgan fingerprint density at radius 3 is 2.29 bits per heavy atom. The van der Waals surface area contributed by atoms with Crippen LogP contribution >= 0.6 is 0 Å². The fraction of sp³-hybridized carbons (Fsp3) is 0.353. The SMILES string of the molecule is CC(C)C[C@@H]1NC(=O)[C@@H](Cc2ccccc2)NC(=O)c2cccc(c2)Oc2ccc(cc2)C[C@@H](C(=O)NC[C@H](O)CO)NC1=O. The zero-order chi connectivity index (χ0) is 32.3. The summed E-state index contributed by atoms with van der Waals surface area (Å²) in [6.45, 7) is 3.07. The van der Waals surface area contributed by atoms with Crippen molar-refractivity contribution in [3.8, 4) is 11.5 Å². The Morgan fingerprint density at radius 2 is 1.60 bits per heavy atom. The molecule has 238 valence electrons. The van der Waals surface area contributed by atoms with E-state index in [0.717, 1.165) is 5.56 Å². The van der Waals surface area contributed by atoms with Gasteiger partial charge >= 0.3 is 0 Å². The third-order valence-electron chi connectivity index (χ3n) is 7.30. The second-order valence-electron chi connectivity index (χ2n) is 11.5. The van der Waals surface area contributed by atoms with Gasteiger partial charge in [-0.25, -0.2) is 0 Å². The lowest BCUT2D eigenvalue weighted by Crippen LogP contribution is -2.58. The van der Waals surface area contributed by atoms with E-state index >= 15 is 0 Å². The number of amides is 4. The van der Waals surface area contributed by atoms with Crippen LogP contribution < -0.4 is 26.0 Å². The molecule has 0 radical (unpaired) electrons. The van der Waals surface area contributed by atoms with Gasteiger partial charge in [-0.15, -0.1) is 0 Å². The Hall–Kier alpha value is -4.74. The van der Waals surface area contributed by atoms with Gasteiger partial charge in [0, 0.05) is 24.9 Å². The molecule has 3 aromatic rings. The summed E-state index contributed by atoms with van der Waals surface area (Å²) in [7, 11) is 0. The number of nitrogens with one attached hydrogen (secondary N) is 4. The van der Waals surface area contributed by atoms with Crippen molar-refractivity contribution in [2.24, 2.45) is 5.92 Å². The van der Waals surface area contributed by atoms with Crippen LogP contribution in [0, 0.1) is 5.92 Å². The fourth-order valence-electron chi connectivity index (χ4n) is 4.93. The van der Waals surface area contributed by atoms with Gasteiger partial charge in [0.2, 0.25) is 17.7 Å². The van der Waals surface area contributed by atoms with Gasteiger partial charge in [0.05, 0.1) is 12.7 Å². The third-order valence-corrected chi connectivity index (χ3v) is 7.30. The van der Waals surface area contributed by atoms with Crippen LogP contribution in [0.3, 0.4) is 0 Å². The van der Waals surface area contributed by atoms with E-state index in [9.17, 15) is 24.3 Å². The van der Waals surface area contributed by atoms with Gasteiger partial charge in [-0.3, -0.25) is 19.2 Å². The van der Waals surface area contributed by atoms with Crippen molar-refractivity contribution in [1.29, 1.82) is 0 Å². The van der Waals surface area contributed by atoms with Gasteiger partial charge in [-0.1, -0.05) is 62.4 Å². The quantitative estimate of drug-likeness (QED) is 0.210.